The maximum absolute atomic E-state index is 12.1. The van der Waals surface area contributed by atoms with Crippen LogP contribution in [-0.4, -0.2) is 30.2 Å². The lowest BCUT2D eigenvalue weighted by atomic mass is 10.0. The van der Waals surface area contributed by atoms with E-state index in [1.807, 2.05) is 0 Å². The van der Waals surface area contributed by atoms with Crippen LogP contribution in [0.15, 0.2) is 54.3 Å². The predicted octanol–water partition coefficient (Wildman–Crippen LogP) is 3.74. The van der Waals surface area contributed by atoms with Gasteiger partial charge in [-0.1, -0.05) is 18.2 Å². The molecule has 0 saturated heterocycles. The number of aromatic hydroxyl groups is 2. The molecule has 0 aromatic heterocycles. The summed E-state index contributed by atoms with van der Waals surface area (Å²) in [6, 6.07) is 9.81. The molecule has 0 unspecified atom stereocenters. The monoisotopic (exact) mass is 368 g/mol. The second kappa shape index (κ2) is 7.86. The van der Waals surface area contributed by atoms with Crippen LogP contribution in [0.4, 0.5) is 0 Å². The van der Waals surface area contributed by atoms with Crippen molar-refractivity contribution in [3.8, 4) is 23.0 Å². The normalized spacial score (nSPS) is 16.7. The molecular formula is C21H20O6. The highest BCUT2D eigenvalue weighted by atomic mass is 16.5. The third-order valence-electron chi connectivity index (χ3n) is 4.19. The van der Waals surface area contributed by atoms with Crippen molar-refractivity contribution < 1.29 is 29.2 Å². The number of ether oxygens (including phenoxy) is 3. The summed E-state index contributed by atoms with van der Waals surface area (Å²) in [6.07, 6.45) is 4.64. The molecule has 0 spiro atoms. The largest absolute Gasteiger partial charge is 0.504 e. The number of ketones is 1. The Morgan fingerprint density at radius 3 is 2.37 bits per heavy atom. The van der Waals surface area contributed by atoms with Gasteiger partial charge in [0.05, 0.1) is 20.6 Å². The fourth-order valence-corrected chi connectivity index (χ4v) is 2.78. The third kappa shape index (κ3) is 4.23. The molecule has 0 radical (unpaired) electrons. The average Bonchev–Trinajstić information content (AvgIpc) is 2.67. The number of allylic oxidation sites excluding steroid dienone is 2. The number of hydrogen-bond donors (Lipinski definition) is 2. The SMILES string of the molecule is COc1cc(/C=C\C2=CC(=O)C[C@H](c3ccc(O)c(OC)c3)O2)ccc1O. The summed E-state index contributed by atoms with van der Waals surface area (Å²) in [7, 11) is 2.94. The minimum Gasteiger partial charge on any atom is -0.504 e. The summed E-state index contributed by atoms with van der Waals surface area (Å²) < 4.78 is 16.1. The second-order valence-corrected chi connectivity index (χ2v) is 6.02. The Morgan fingerprint density at radius 2 is 1.67 bits per heavy atom. The van der Waals surface area contributed by atoms with Crippen molar-refractivity contribution in [1.82, 2.24) is 0 Å². The Hall–Kier alpha value is -3.41. The van der Waals surface area contributed by atoms with Gasteiger partial charge < -0.3 is 24.4 Å². The number of hydrogen-bond acceptors (Lipinski definition) is 6. The molecule has 0 fully saturated rings. The molecule has 1 aliphatic rings. The van der Waals surface area contributed by atoms with Crippen LogP contribution in [0.1, 0.15) is 23.7 Å². The molecule has 0 amide bonds. The van der Waals surface area contributed by atoms with Crippen LogP contribution in [0.25, 0.3) is 6.08 Å². The Labute approximate surface area is 156 Å². The Bertz CT molecular complexity index is 913. The van der Waals surface area contributed by atoms with E-state index in [0.29, 0.717) is 17.3 Å². The second-order valence-electron chi connectivity index (χ2n) is 6.02. The van der Waals surface area contributed by atoms with E-state index in [2.05, 4.69) is 0 Å². The first-order valence-electron chi connectivity index (χ1n) is 8.33. The van der Waals surface area contributed by atoms with Crippen LogP contribution in [0, 0.1) is 0 Å². The summed E-state index contributed by atoms with van der Waals surface area (Å²) in [4.78, 5) is 12.1. The fourth-order valence-electron chi connectivity index (χ4n) is 2.78. The summed E-state index contributed by atoms with van der Waals surface area (Å²) in [5.41, 5.74) is 1.53. The number of phenolic OH excluding ortho intramolecular Hbond substituents is 2. The van der Waals surface area contributed by atoms with E-state index in [0.717, 1.165) is 11.1 Å². The molecule has 0 aliphatic carbocycles. The minimum absolute atomic E-state index is 0.0281. The number of carbonyl (C=O) groups excluding carboxylic acids is 1. The zero-order valence-electron chi connectivity index (χ0n) is 15.0. The van der Waals surface area contributed by atoms with Crippen LogP contribution in [-0.2, 0) is 9.53 Å². The summed E-state index contributed by atoms with van der Waals surface area (Å²) in [5.74, 6) is 1.14. The molecule has 2 N–H and O–H groups in total. The van der Waals surface area contributed by atoms with Crippen molar-refractivity contribution in [2.45, 2.75) is 12.5 Å². The smallest absolute Gasteiger partial charge is 0.163 e. The van der Waals surface area contributed by atoms with Crippen molar-refractivity contribution in [3.05, 3.63) is 65.4 Å². The molecule has 3 rings (SSSR count). The Balaban J connectivity index is 1.80. The molecule has 0 saturated carbocycles. The molecule has 1 atom stereocenters. The van der Waals surface area contributed by atoms with Gasteiger partial charge in [0.25, 0.3) is 0 Å². The maximum Gasteiger partial charge on any atom is 0.163 e. The summed E-state index contributed by atoms with van der Waals surface area (Å²) in [6.45, 7) is 0. The number of rotatable bonds is 5. The van der Waals surface area contributed by atoms with E-state index in [-0.39, 0.29) is 23.7 Å². The van der Waals surface area contributed by atoms with E-state index in [4.69, 9.17) is 14.2 Å². The van der Waals surface area contributed by atoms with Crippen LogP contribution >= 0.6 is 0 Å². The van der Waals surface area contributed by atoms with Crippen molar-refractivity contribution in [1.29, 1.82) is 0 Å². The molecule has 2 aromatic carbocycles. The van der Waals surface area contributed by atoms with Gasteiger partial charge in [-0.2, -0.15) is 0 Å². The first kappa shape index (κ1) is 18.4. The standard InChI is InChI=1S/C21H20O6/c1-25-20-9-13(4-7-17(20)23)3-6-16-11-15(22)12-19(27-16)14-5-8-18(24)21(10-14)26-2/h3-11,19,23-24H,12H2,1-2H3/b6-3-/t19-/m1/s1. The van der Waals surface area contributed by atoms with E-state index >= 15 is 0 Å². The lowest BCUT2D eigenvalue weighted by Gasteiger charge is -2.23. The van der Waals surface area contributed by atoms with E-state index < -0.39 is 6.10 Å². The molecule has 1 heterocycles. The van der Waals surface area contributed by atoms with Gasteiger partial charge in [-0.15, -0.1) is 0 Å². The van der Waals surface area contributed by atoms with Crippen LogP contribution < -0.4 is 9.47 Å². The third-order valence-corrected chi connectivity index (χ3v) is 4.19. The number of carbonyl (C=O) groups is 1. The van der Waals surface area contributed by atoms with Crippen molar-refractivity contribution >= 4 is 11.9 Å². The number of methoxy groups -OCH3 is 2. The zero-order chi connectivity index (χ0) is 19.4. The lowest BCUT2D eigenvalue weighted by Crippen LogP contribution is -2.14. The maximum atomic E-state index is 12.1. The van der Waals surface area contributed by atoms with Gasteiger partial charge in [0.15, 0.2) is 28.8 Å². The van der Waals surface area contributed by atoms with Gasteiger partial charge in [0, 0.05) is 6.08 Å². The van der Waals surface area contributed by atoms with Gasteiger partial charge in [0.1, 0.15) is 11.9 Å². The van der Waals surface area contributed by atoms with Gasteiger partial charge in [-0.05, 0) is 41.5 Å². The fraction of sp³-hybridized carbons (Fsp3) is 0.190. The van der Waals surface area contributed by atoms with Crippen LogP contribution in [0.2, 0.25) is 0 Å². The van der Waals surface area contributed by atoms with Gasteiger partial charge in [-0.25, -0.2) is 0 Å². The van der Waals surface area contributed by atoms with Crippen LogP contribution in [0.5, 0.6) is 23.0 Å². The molecular weight excluding hydrogens is 348 g/mol. The molecule has 140 valence electrons. The van der Waals surface area contributed by atoms with Crippen molar-refractivity contribution in [3.63, 3.8) is 0 Å². The topological polar surface area (TPSA) is 85.2 Å². The van der Waals surface area contributed by atoms with Crippen molar-refractivity contribution in [2.75, 3.05) is 14.2 Å². The molecule has 0 bridgehead atoms. The minimum atomic E-state index is -0.467. The first-order valence-corrected chi connectivity index (χ1v) is 8.33. The first-order chi connectivity index (χ1) is 13.0. The highest BCUT2D eigenvalue weighted by Crippen LogP contribution is 2.35. The van der Waals surface area contributed by atoms with Crippen molar-refractivity contribution in [2.24, 2.45) is 0 Å². The number of benzene rings is 2. The van der Waals surface area contributed by atoms with E-state index in [1.165, 1.54) is 32.4 Å². The zero-order valence-corrected chi connectivity index (χ0v) is 15.0. The molecule has 6 nitrogen and oxygen atoms in total. The van der Waals surface area contributed by atoms with E-state index in [1.54, 1.807) is 36.4 Å². The van der Waals surface area contributed by atoms with Gasteiger partial charge >= 0.3 is 0 Å². The molecule has 2 aromatic rings. The lowest BCUT2D eigenvalue weighted by molar-refractivity contribution is -0.118. The van der Waals surface area contributed by atoms with E-state index in [9.17, 15) is 15.0 Å². The average molecular weight is 368 g/mol. The highest BCUT2D eigenvalue weighted by molar-refractivity contribution is 5.92. The highest BCUT2D eigenvalue weighted by Gasteiger charge is 2.23. The molecule has 27 heavy (non-hydrogen) atoms. The quantitative estimate of drug-likeness (QED) is 0.836. The summed E-state index contributed by atoms with van der Waals surface area (Å²) >= 11 is 0. The summed E-state index contributed by atoms with van der Waals surface area (Å²) in [5, 5.41) is 19.4. The predicted molar refractivity (Wildman–Crippen MR) is 99.9 cm³/mol. The molecule has 1 aliphatic heterocycles. The number of phenols is 2. The Morgan fingerprint density at radius 1 is 1.00 bits per heavy atom. The Kier molecular flexibility index (Phi) is 5.35. The van der Waals surface area contributed by atoms with Gasteiger partial charge in [-0.3, -0.25) is 4.79 Å². The molecule has 6 heteroatoms. The van der Waals surface area contributed by atoms with Gasteiger partial charge in [0.2, 0.25) is 0 Å². The van der Waals surface area contributed by atoms with Crippen LogP contribution in [0.3, 0.4) is 0 Å².